The van der Waals surface area contributed by atoms with Crippen LogP contribution in [0.5, 0.6) is 0 Å². The predicted octanol–water partition coefficient (Wildman–Crippen LogP) is 7.15. The third-order valence-electron chi connectivity index (χ3n) is 9.65. The minimum absolute atomic E-state index is 0.315. The van der Waals surface area contributed by atoms with Crippen LogP contribution in [-0.2, 0) is 9.47 Å². The topological polar surface area (TPSA) is 18.5 Å². The van der Waals surface area contributed by atoms with Gasteiger partial charge in [0.15, 0.2) is 0 Å². The molecule has 0 N–H and O–H groups in total. The van der Waals surface area contributed by atoms with Crippen molar-refractivity contribution in [2.75, 3.05) is 13.2 Å². The second-order valence-electron chi connectivity index (χ2n) is 12.3. The minimum Gasteiger partial charge on any atom is -0.377 e. The largest absolute Gasteiger partial charge is 0.377 e. The lowest BCUT2D eigenvalue weighted by Crippen LogP contribution is -2.46. The standard InChI is InChI=1S/C26H46O2/c1-6-27-22-24(4,5)16-18-26(22)14-10-11-20(26)19-28-21-23(2,3)15-17-25(21)12-8-7-9-13-25/h20-22H,6-19H2,1-5H3. The first-order valence-electron chi connectivity index (χ1n) is 12.5. The van der Waals surface area contributed by atoms with E-state index in [2.05, 4.69) is 34.6 Å². The van der Waals surface area contributed by atoms with E-state index in [0.29, 0.717) is 39.8 Å². The second-order valence-corrected chi connectivity index (χ2v) is 12.3. The molecule has 0 aromatic heterocycles. The fraction of sp³-hybridized carbons (Fsp3) is 1.00. The van der Waals surface area contributed by atoms with Crippen LogP contribution in [0.25, 0.3) is 0 Å². The van der Waals surface area contributed by atoms with Crippen molar-refractivity contribution in [1.29, 1.82) is 0 Å². The zero-order valence-corrected chi connectivity index (χ0v) is 19.4. The van der Waals surface area contributed by atoms with Gasteiger partial charge in [-0.3, -0.25) is 0 Å². The van der Waals surface area contributed by atoms with Crippen LogP contribution in [0.3, 0.4) is 0 Å². The second kappa shape index (κ2) is 7.56. The van der Waals surface area contributed by atoms with Gasteiger partial charge in [0.25, 0.3) is 0 Å². The lowest BCUT2D eigenvalue weighted by atomic mass is 9.68. The van der Waals surface area contributed by atoms with E-state index in [0.717, 1.165) is 13.2 Å². The van der Waals surface area contributed by atoms with Gasteiger partial charge in [0, 0.05) is 12.0 Å². The maximum atomic E-state index is 7.02. The van der Waals surface area contributed by atoms with Crippen molar-refractivity contribution in [1.82, 2.24) is 0 Å². The molecular weight excluding hydrogens is 344 g/mol. The SMILES string of the molecule is CCOC1C(C)(C)CCC12CCCC2COC1C(C)(C)CCC12CCCCC2. The van der Waals surface area contributed by atoms with Crippen molar-refractivity contribution < 1.29 is 9.47 Å². The molecule has 0 bridgehead atoms. The van der Waals surface area contributed by atoms with E-state index >= 15 is 0 Å². The molecule has 0 amide bonds. The molecule has 162 valence electrons. The molecule has 2 spiro atoms. The molecule has 2 heteroatoms. The summed E-state index contributed by atoms with van der Waals surface area (Å²) in [6.45, 7) is 13.8. The molecular formula is C26H46O2. The summed E-state index contributed by atoms with van der Waals surface area (Å²) in [5.41, 5.74) is 1.52. The van der Waals surface area contributed by atoms with Gasteiger partial charge >= 0.3 is 0 Å². The number of hydrogen-bond donors (Lipinski definition) is 0. The molecule has 0 heterocycles. The Bertz CT molecular complexity index is 545. The fourth-order valence-corrected chi connectivity index (χ4v) is 8.29. The summed E-state index contributed by atoms with van der Waals surface area (Å²) in [6.07, 6.45) is 17.5. The van der Waals surface area contributed by atoms with E-state index in [1.165, 1.54) is 77.0 Å². The Morgan fingerprint density at radius 3 is 2.07 bits per heavy atom. The lowest BCUT2D eigenvalue weighted by molar-refractivity contribution is -0.128. The van der Waals surface area contributed by atoms with Crippen LogP contribution in [0.4, 0.5) is 0 Å². The summed E-state index contributed by atoms with van der Waals surface area (Å²) in [4.78, 5) is 0. The molecule has 2 nitrogen and oxygen atoms in total. The molecule has 4 saturated carbocycles. The van der Waals surface area contributed by atoms with E-state index in [4.69, 9.17) is 9.47 Å². The number of hydrogen-bond acceptors (Lipinski definition) is 2. The van der Waals surface area contributed by atoms with Gasteiger partial charge in [-0.15, -0.1) is 0 Å². The summed E-state index contributed by atoms with van der Waals surface area (Å²) in [5.74, 6) is 0.697. The zero-order chi connectivity index (χ0) is 20.0. The normalized spacial score (nSPS) is 41.2. The van der Waals surface area contributed by atoms with Crippen LogP contribution < -0.4 is 0 Å². The summed E-state index contributed by atoms with van der Waals surface area (Å²) in [5, 5.41) is 0. The first-order valence-corrected chi connectivity index (χ1v) is 12.5. The Morgan fingerprint density at radius 2 is 1.36 bits per heavy atom. The van der Waals surface area contributed by atoms with Gasteiger partial charge in [0.2, 0.25) is 0 Å². The van der Waals surface area contributed by atoms with Gasteiger partial charge in [-0.2, -0.15) is 0 Å². The molecule has 0 aliphatic heterocycles. The fourth-order valence-electron chi connectivity index (χ4n) is 8.29. The Morgan fingerprint density at radius 1 is 0.679 bits per heavy atom. The highest BCUT2D eigenvalue weighted by Gasteiger charge is 2.59. The highest BCUT2D eigenvalue weighted by Crippen LogP contribution is 2.62. The van der Waals surface area contributed by atoms with Gasteiger partial charge in [0.05, 0.1) is 18.8 Å². The van der Waals surface area contributed by atoms with Gasteiger partial charge < -0.3 is 9.47 Å². The van der Waals surface area contributed by atoms with Crippen LogP contribution in [0.2, 0.25) is 0 Å². The van der Waals surface area contributed by atoms with E-state index in [9.17, 15) is 0 Å². The van der Waals surface area contributed by atoms with Crippen molar-refractivity contribution >= 4 is 0 Å². The third kappa shape index (κ3) is 3.39. The predicted molar refractivity (Wildman–Crippen MR) is 116 cm³/mol. The molecule has 0 saturated heterocycles. The van der Waals surface area contributed by atoms with Crippen molar-refractivity contribution in [3.63, 3.8) is 0 Å². The third-order valence-corrected chi connectivity index (χ3v) is 9.65. The van der Waals surface area contributed by atoms with Crippen molar-refractivity contribution in [2.24, 2.45) is 27.6 Å². The van der Waals surface area contributed by atoms with Gasteiger partial charge in [-0.05, 0) is 80.5 Å². The van der Waals surface area contributed by atoms with Gasteiger partial charge in [0.1, 0.15) is 0 Å². The maximum absolute atomic E-state index is 7.02. The smallest absolute Gasteiger partial charge is 0.0685 e. The minimum atomic E-state index is 0.315. The lowest BCUT2D eigenvalue weighted by Gasteiger charge is -2.45. The zero-order valence-electron chi connectivity index (χ0n) is 19.4. The van der Waals surface area contributed by atoms with E-state index in [-0.39, 0.29) is 0 Å². The molecule has 0 aromatic carbocycles. The van der Waals surface area contributed by atoms with E-state index in [1.807, 2.05) is 0 Å². The van der Waals surface area contributed by atoms with E-state index in [1.54, 1.807) is 0 Å². The average Bonchev–Trinajstić information content (AvgIpc) is 3.25. The molecule has 4 fully saturated rings. The van der Waals surface area contributed by atoms with Gasteiger partial charge in [-0.1, -0.05) is 53.4 Å². The van der Waals surface area contributed by atoms with Crippen molar-refractivity contribution in [3.05, 3.63) is 0 Å². The molecule has 4 aliphatic carbocycles. The van der Waals surface area contributed by atoms with Crippen molar-refractivity contribution in [3.8, 4) is 0 Å². The monoisotopic (exact) mass is 390 g/mol. The molecule has 0 aromatic rings. The molecule has 28 heavy (non-hydrogen) atoms. The summed E-state index contributed by atoms with van der Waals surface area (Å²) < 4.78 is 13.5. The quantitative estimate of drug-likeness (QED) is 0.496. The number of ether oxygens (including phenoxy) is 2. The molecule has 4 aliphatic rings. The highest BCUT2D eigenvalue weighted by atomic mass is 16.5. The van der Waals surface area contributed by atoms with Crippen LogP contribution in [0.1, 0.15) is 112 Å². The summed E-state index contributed by atoms with van der Waals surface area (Å²) >= 11 is 0. The maximum Gasteiger partial charge on any atom is 0.0685 e. The van der Waals surface area contributed by atoms with Crippen LogP contribution in [-0.4, -0.2) is 25.4 Å². The Labute approximate surface area is 174 Å². The van der Waals surface area contributed by atoms with Gasteiger partial charge in [-0.25, -0.2) is 0 Å². The van der Waals surface area contributed by atoms with Crippen molar-refractivity contribution in [2.45, 2.75) is 124 Å². The average molecular weight is 391 g/mol. The molecule has 4 atom stereocenters. The molecule has 4 unspecified atom stereocenters. The van der Waals surface area contributed by atoms with Crippen LogP contribution in [0.15, 0.2) is 0 Å². The molecule has 4 rings (SSSR count). The Kier molecular flexibility index (Phi) is 5.71. The highest BCUT2D eigenvalue weighted by molar-refractivity contribution is 5.09. The first kappa shape index (κ1) is 21.2. The Hall–Kier alpha value is -0.0800. The Balaban J connectivity index is 1.50. The number of rotatable bonds is 5. The van der Waals surface area contributed by atoms with Crippen LogP contribution >= 0.6 is 0 Å². The summed E-state index contributed by atoms with van der Waals surface area (Å²) in [7, 11) is 0. The van der Waals surface area contributed by atoms with E-state index < -0.39 is 0 Å². The first-order chi connectivity index (χ1) is 13.3. The molecule has 0 radical (unpaired) electrons. The van der Waals surface area contributed by atoms with Crippen LogP contribution in [0, 0.1) is 27.6 Å². The summed E-state index contributed by atoms with van der Waals surface area (Å²) in [6, 6.07) is 0.